The van der Waals surface area contributed by atoms with Crippen molar-refractivity contribution in [3.05, 3.63) is 51.5 Å². The Hall–Kier alpha value is -1.92. The Bertz CT molecular complexity index is 832. The fourth-order valence-electron chi connectivity index (χ4n) is 1.94. The second-order valence-electron chi connectivity index (χ2n) is 4.08. The molecule has 100 valence electrons. The van der Waals surface area contributed by atoms with Gasteiger partial charge in [-0.15, -0.1) is 5.10 Å². The van der Waals surface area contributed by atoms with Crippen LogP contribution >= 0.6 is 27.5 Å². The molecule has 0 radical (unpaired) electrons. The van der Waals surface area contributed by atoms with Gasteiger partial charge in [0.25, 0.3) is 0 Å². The SMILES string of the molecule is O=C(O)c1cccc2c1nnn2-c1cc(Br)ccc1Cl. The lowest BCUT2D eigenvalue weighted by atomic mass is 10.2. The van der Waals surface area contributed by atoms with Gasteiger partial charge in [-0.05, 0) is 30.3 Å². The Kier molecular flexibility index (Phi) is 3.19. The van der Waals surface area contributed by atoms with E-state index in [9.17, 15) is 4.79 Å². The Morgan fingerprint density at radius 1 is 1.30 bits per heavy atom. The normalized spacial score (nSPS) is 10.9. The Labute approximate surface area is 126 Å². The van der Waals surface area contributed by atoms with E-state index in [0.29, 0.717) is 21.7 Å². The van der Waals surface area contributed by atoms with Gasteiger partial charge in [-0.2, -0.15) is 0 Å². The fraction of sp³-hybridized carbons (Fsp3) is 0. The lowest BCUT2D eigenvalue weighted by molar-refractivity contribution is 0.0699. The van der Waals surface area contributed by atoms with Gasteiger partial charge in [-0.1, -0.05) is 38.8 Å². The van der Waals surface area contributed by atoms with Crippen LogP contribution in [0.3, 0.4) is 0 Å². The average Bonchev–Trinajstić information content (AvgIpc) is 2.85. The van der Waals surface area contributed by atoms with Gasteiger partial charge in [-0.25, -0.2) is 9.48 Å². The number of aromatic nitrogens is 3. The van der Waals surface area contributed by atoms with Gasteiger partial charge in [0.05, 0.1) is 21.8 Å². The van der Waals surface area contributed by atoms with Crippen molar-refractivity contribution < 1.29 is 9.90 Å². The van der Waals surface area contributed by atoms with Crippen LogP contribution in [0.15, 0.2) is 40.9 Å². The molecule has 1 N–H and O–H groups in total. The zero-order valence-corrected chi connectivity index (χ0v) is 12.3. The average molecular weight is 353 g/mol. The molecule has 0 saturated carbocycles. The molecule has 0 spiro atoms. The molecule has 0 saturated heterocycles. The van der Waals surface area contributed by atoms with Gasteiger partial charge in [0.15, 0.2) is 0 Å². The van der Waals surface area contributed by atoms with Crippen LogP contribution in [0.5, 0.6) is 0 Å². The maximum Gasteiger partial charge on any atom is 0.338 e. The van der Waals surface area contributed by atoms with Gasteiger partial charge in [0.1, 0.15) is 5.52 Å². The van der Waals surface area contributed by atoms with E-state index in [-0.39, 0.29) is 5.56 Å². The number of carbonyl (C=O) groups is 1. The minimum absolute atomic E-state index is 0.111. The number of benzene rings is 2. The van der Waals surface area contributed by atoms with Crippen molar-refractivity contribution in [3.8, 4) is 5.69 Å². The molecule has 0 bridgehead atoms. The first-order valence-corrected chi connectivity index (χ1v) is 6.78. The Balaban J connectivity index is 2.31. The maximum atomic E-state index is 11.2. The molecule has 2 aromatic carbocycles. The summed E-state index contributed by atoms with van der Waals surface area (Å²) in [4.78, 5) is 11.2. The molecule has 0 amide bonds. The first kappa shape index (κ1) is 13.1. The summed E-state index contributed by atoms with van der Waals surface area (Å²) >= 11 is 9.53. The number of carboxylic acids is 1. The van der Waals surface area contributed by atoms with E-state index in [0.717, 1.165) is 4.47 Å². The number of rotatable bonds is 2. The number of carboxylic acid groups (broad SMARTS) is 1. The van der Waals surface area contributed by atoms with Crippen molar-refractivity contribution in [3.63, 3.8) is 0 Å². The van der Waals surface area contributed by atoms with E-state index in [4.69, 9.17) is 16.7 Å². The molecular formula is C13H7BrClN3O2. The van der Waals surface area contributed by atoms with Gasteiger partial charge in [0.2, 0.25) is 0 Å². The predicted octanol–water partition coefficient (Wildman–Crippen LogP) is 3.53. The van der Waals surface area contributed by atoms with Crippen LogP contribution < -0.4 is 0 Å². The van der Waals surface area contributed by atoms with Gasteiger partial charge in [-0.3, -0.25) is 0 Å². The van der Waals surface area contributed by atoms with Crippen LogP contribution in [-0.4, -0.2) is 26.1 Å². The van der Waals surface area contributed by atoms with E-state index >= 15 is 0 Å². The zero-order valence-electron chi connectivity index (χ0n) is 9.92. The summed E-state index contributed by atoms with van der Waals surface area (Å²) in [7, 11) is 0. The molecule has 7 heteroatoms. The molecule has 5 nitrogen and oxygen atoms in total. The summed E-state index contributed by atoms with van der Waals surface area (Å²) in [5, 5.41) is 17.6. The lowest BCUT2D eigenvalue weighted by Crippen LogP contribution is -1.99. The second-order valence-corrected chi connectivity index (χ2v) is 5.40. The molecule has 3 rings (SSSR count). The second kappa shape index (κ2) is 4.88. The van der Waals surface area contributed by atoms with Crippen molar-refractivity contribution in [1.82, 2.24) is 15.0 Å². The van der Waals surface area contributed by atoms with Crippen LogP contribution in [-0.2, 0) is 0 Å². The molecule has 20 heavy (non-hydrogen) atoms. The molecule has 0 aliphatic carbocycles. The first-order valence-electron chi connectivity index (χ1n) is 5.61. The summed E-state index contributed by atoms with van der Waals surface area (Å²) in [5.74, 6) is -1.04. The minimum atomic E-state index is -1.04. The highest BCUT2D eigenvalue weighted by molar-refractivity contribution is 9.10. The van der Waals surface area contributed by atoms with Crippen LogP contribution in [0.4, 0.5) is 0 Å². The molecule has 1 heterocycles. The van der Waals surface area contributed by atoms with Crippen LogP contribution in [0.25, 0.3) is 16.7 Å². The van der Waals surface area contributed by atoms with Crippen LogP contribution in [0.1, 0.15) is 10.4 Å². The first-order chi connectivity index (χ1) is 9.58. The number of fused-ring (bicyclic) bond motifs is 1. The highest BCUT2D eigenvalue weighted by Crippen LogP contribution is 2.27. The molecule has 0 fully saturated rings. The van der Waals surface area contributed by atoms with E-state index in [1.54, 1.807) is 24.3 Å². The van der Waals surface area contributed by atoms with Crippen LogP contribution in [0, 0.1) is 0 Å². The number of nitrogens with zero attached hydrogens (tertiary/aromatic N) is 3. The van der Waals surface area contributed by atoms with E-state index in [1.165, 1.54) is 10.7 Å². The van der Waals surface area contributed by atoms with E-state index < -0.39 is 5.97 Å². The van der Waals surface area contributed by atoms with Crippen molar-refractivity contribution in [2.75, 3.05) is 0 Å². The zero-order chi connectivity index (χ0) is 14.3. The third kappa shape index (κ3) is 2.07. The van der Waals surface area contributed by atoms with Crippen LogP contribution in [0.2, 0.25) is 5.02 Å². The molecule has 0 atom stereocenters. The molecule has 0 unspecified atom stereocenters. The highest BCUT2D eigenvalue weighted by atomic mass is 79.9. The summed E-state index contributed by atoms with van der Waals surface area (Å²) in [6, 6.07) is 10.2. The smallest absolute Gasteiger partial charge is 0.338 e. The van der Waals surface area contributed by atoms with Crippen molar-refractivity contribution in [2.24, 2.45) is 0 Å². The molecular weight excluding hydrogens is 346 g/mol. The predicted molar refractivity (Wildman–Crippen MR) is 78.5 cm³/mol. The number of aromatic carboxylic acids is 1. The summed E-state index contributed by atoms with van der Waals surface area (Å²) in [6.45, 7) is 0. The van der Waals surface area contributed by atoms with Crippen molar-refractivity contribution >= 4 is 44.5 Å². The summed E-state index contributed by atoms with van der Waals surface area (Å²) in [5.41, 5.74) is 1.66. The van der Waals surface area contributed by atoms with Gasteiger partial charge in [0, 0.05) is 4.47 Å². The molecule has 1 aromatic heterocycles. The van der Waals surface area contributed by atoms with E-state index in [1.807, 2.05) is 6.07 Å². The summed E-state index contributed by atoms with van der Waals surface area (Å²) < 4.78 is 2.37. The third-order valence-corrected chi connectivity index (χ3v) is 3.66. The molecule has 3 aromatic rings. The third-order valence-electron chi connectivity index (χ3n) is 2.84. The minimum Gasteiger partial charge on any atom is -0.478 e. The van der Waals surface area contributed by atoms with Crippen molar-refractivity contribution in [1.29, 1.82) is 0 Å². The number of halogens is 2. The molecule has 0 aliphatic heterocycles. The quantitative estimate of drug-likeness (QED) is 0.766. The maximum absolute atomic E-state index is 11.2. The number of hydrogen-bond acceptors (Lipinski definition) is 3. The standard InChI is InChI=1S/C13H7BrClN3O2/c14-7-4-5-9(15)11(6-7)18-10-3-1-2-8(13(19)20)12(10)16-17-18/h1-6H,(H,19,20). The fourth-order valence-corrected chi connectivity index (χ4v) is 2.49. The highest BCUT2D eigenvalue weighted by Gasteiger charge is 2.15. The topological polar surface area (TPSA) is 68.0 Å². The largest absolute Gasteiger partial charge is 0.478 e. The number of hydrogen-bond donors (Lipinski definition) is 1. The monoisotopic (exact) mass is 351 g/mol. The van der Waals surface area contributed by atoms with Crippen molar-refractivity contribution in [2.45, 2.75) is 0 Å². The van der Waals surface area contributed by atoms with E-state index in [2.05, 4.69) is 26.2 Å². The Morgan fingerprint density at radius 3 is 2.85 bits per heavy atom. The van der Waals surface area contributed by atoms with Gasteiger partial charge >= 0.3 is 5.97 Å². The van der Waals surface area contributed by atoms with Gasteiger partial charge < -0.3 is 5.11 Å². The molecule has 0 aliphatic rings. The Morgan fingerprint density at radius 2 is 2.10 bits per heavy atom. The summed E-state index contributed by atoms with van der Waals surface area (Å²) in [6.07, 6.45) is 0. The lowest BCUT2D eigenvalue weighted by Gasteiger charge is -2.05.